The molecule has 1 nitrogen and oxygen atoms in total. The fraction of sp³-hybridized carbons (Fsp3) is 0.600. The Labute approximate surface area is 137 Å². The molecule has 1 unspecified atom stereocenters. The van der Waals surface area contributed by atoms with Gasteiger partial charge in [-0.05, 0) is 44.7 Å². The molecule has 0 spiro atoms. The summed E-state index contributed by atoms with van der Waals surface area (Å²) in [5.41, 5.74) is -3.16. The van der Waals surface area contributed by atoms with Crippen LogP contribution in [0.2, 0.25) is 0 Å². The largest absolute Gasteiger partial charge is 0.441 e. The molecule has 0 aliphatic heterocycles. The molecule has 6 heteroatoms. The second-order valence-electron chi connectivity index (χ2n) is 5.93. The molecule has 1 rings (SSSR count). The van der Waals surface area contributed by atoms with E-state index in [9.17, 15) is 13.2 Å². The van der Waals surface area contributed by atoms with Crippen LogP contribution < -0.4 is 5.32 Å². The van der Waals surface area contributed by atoms with Gasteiger partial charge in [0.1, 0.15) is 0 Å². The summed E-state index contributed by atoms with van der Waals surface area (Å²) in [6.45, 7) is 6.81. The first-order chi connectivity index (χ1) is 9.58. The average molecular weight is 384 g/mol. The van der Waals surface area contributed by atoms with Crippen molar-refractivity contribution in [2.24, 2.45) is 0 Å². The van der Waals surface area contributed by atoms with Gasteiger partial charge in [0, 0.05) is 22.3 Å². The van der Waals surface area contributed by atoms with Crippen molar-refractivity contribution in [2.75, 3.05) is 12.3 Å². The first kappa shape index (κ1) is 18.8. The third-order valence-electron chi connectivity index (χ3n) is 2.96. The van der Waals surface area contributed by atoms with E-state index in [0.29, 0.717) is 13.0 Å². The van der Waals surface area contributed by atoms with Crippen LogP contribution in [0, 0.1) is 0 Å². The second kappa shape index (κ2) is 7.88. The van der Waals surface area contributed by atoms with Gasteiger partial charge >= 0.3 is 5.51 Å². The Morgan fingerprint density at radius 2 is 1.81 bits per heavy atom. The van der Waals surface area contributed by atoms with Crippen LogP contribution in [0.25, 0.3) is 0 Å². The molecule has 0 amide bonds. The van der Waals surface area contributed by atoms with E-state index in [1.807, 2.05) is 24.3 Å². The zero-order valence-corrected chi connectivity index (χ0v) is 14.8. The SMILES string of the molecule is CC(C)(C)NCC(CCSC(F)(F)F)c1ccccc1Br. The predicted octanol–water partition coefficient (Wildman–Crippen LogP) is 5.56. The molecule has 0 saturated carbocycles. The van der Waals surface area contributed by atoms with Crippen LogP contribution in [0.15, 0.2) is 28.7 Å². The van der Waals surface area contributed by atoms with E-state index >= 15 is 0 Å². The summed E-state index contributed by atoms with van der Waals surface area (Å²) in [6, 6.07) is 7.72. The summed E-state index contributed by atoms with van der Waals surface area (Å²) < 4.78 is 37.8. The molecule has 1 N–H and O–H groups in total. The third-order valence-corrected chi connectivity index (χ3v) is 4.45. The van der Waals surface area contributed by atoms with E-state index in [-0.39, 0.29) is 29.0 Å². The predicted molar refractivity (Wildman–Crippen MR) is 87.8 cm³/mol. The summed E-state index contributed by atoms with van der Waals surface area (Å²) in [5, 5.41) is 3.38. The molecular weight excluding hydrogens is 363 g/mol. The van der Waals surface area contributed by atoms with E-state index in [2.05, 4.69) is 42.0 Å². The second-order valence-corrected chi connectivity index (χ2v) is 7.95. The van der Waals surface area contributed by atoms with Gasteiger partial charge in [-0.2, -0.15) is 13.2 Å². The maximum absolute atomic E-state index is 12.3. The van der Waals surface area contributed by atoms with Gasteiger partial charge in [-0.15, -0.1) is 0 Å². The zero-order chi connectivity index (χ0) is 16.1. The van der Waals surface area contributed by atoms with Crippen molar-refractivity contribution >= 4 is 27.7 Å². The number of halogens is 4. The molecule has 0 radical (unpaired) electrons. The molecule has 1 aromatic rings. The Morgan fingerprint density at radius 3 is 2.33 bits per heavy atom. The quantitative estimate of drug-likeness (QED) is 0.689. The monoisotopic (exact) mass is 383 g/mol. The molecular formula is C15H21BrF3NS. The fourth-order valence-electron chi connectivity index (χ4n) is 1.92. The topological polar surface area (TPSA) is 12.0 Å². The van der Waals surface area contributed by atoms with Crippen molar-refractivity contribution in [3.63, 3.8) is 0 Å². The lowest BCUT2D eigenvalue weighted by Crippen LogP contribution is -2.38. The Balaban J connectivity index is 2.73. The van der Waals surface area contributed by atoms with Crippen LogP contribution in [0.3, 0.4) is 0 Å². The number of rotatable bonds is 6. The molecule has 0 aliphatic rings. The number of nitrogens with one attached hydrogen (secondary N) is 1. The Bertz CT molecular complexity index is 443. The number of thioether (sulfide) groups is 1. The van der Waals surface area contributed by atoms with E-state index in [1.54, 1.807) is 0 Å². The summed E-state index contributed by atoms with van der Waals surface area (Å²) >= 11 is 3.54. The minimum absolute atomic E-state index is 0.0506. The molecule has 0 fully saturated rings. The normalized spacial score (nSPS) is 14.2. The summed E-state index contributed by atoms with van der Waals surface area (Å²) in [6.07, 6.45) is 0.482. The minimum atomic E-state index is -4.16. The van der Waals surface area contributed by atoms with Gasteiger partial charge in [-0.3, -0.25) is 0 Å². The fourth-order valence-corrected chi connectivity index (χ4v) is 3.16. The van der Waals surface area contributed by atoms with E-state index in [1.165, 1.54) is 0 Å². The lowest BCUT2D eigenvalue weighted by atomic mass is 9.95. The van der Waals surface area contributed by atoms with Crippen LogP contribution in [0.4, 0.5) is 13.2 Å². The Morgan fingerprint density at radius 1 is 1.19 bits per heavy atom. The van der Waals surface area contributed by atoms with Gasteiger partial charge in [-0.1, -0.05) is 45.9 Å². The molecule has 0 heterocycles. The van der Waals surface area contributed by atoms with E-state index in [4.69, 9.17) is 0 Å². The Kier molecular flexibility index (Phi) is 7.07. The standard InChI is InChI=1S/C15H21BrF3NS/c1-14(2,3)20-10-11(8-9-21-15(17,18)19)12-6-4-5-7-13(12)16/h4-7,11,20H,8-10H2,1-3H3. The van der Waals surface area contributed by atoms with Crippen LogP contribution in [-0.2, 0) is 0 Å². The van der Waals surface area contributed by atoms with Gasteiger partial charge < -0.3 is 5.32 Å². The van der Waals surface area contributed by atoms with Gasteiger partial charge in [-0.25, -0.2) is 0 Å². The first-order valence-corrected chi connectivity index (χ1v) is 8.56. The van der Waals surface area contributed by atoms with Gasteiger partial charge in [0.25, 0.3) is 0 Å². The highest BCUT2D eigenvalue weighted by Crippen LogP contribution is 2.34. The minimum Gasteiger partial charge on any atom is -0.311 e. The Hall–Kier alpha value is -0.200. The summed E-state index contributed by atoms with van der Waals surface area (Å²) in [7, 11) is 0. The van der Waals surface area contributed by atoms with Crippen LogP contribution in [0.1, 0.15) is 38.7 Å². The van der Waals surface area contributed by atoms with Crippen molar-refractivity contribution in [3.05, 3.63) is 34.3 Å². The van der Waals surface area contributed by atoms with E-state index in [0.717, 1.165) is 10.0 Å². The molecule has 120 valence electrons. The molecule has 21 heavy (non-hydrogen) atoms. The average Bonchev–Trinajstić information content (AvgIpc) is 2.32. The van der Waals surface area contributed by atoms with Crippen molar-refractivity contribution in [3.8, 4) is 0 Å². The van der Waals surface area contributed by atoms with Gasteiger partial charge in [0.15, 0.2) is 0 Å². The zero-order valence-electron chi connectivity index (χ0n) is 12.4. The highest BCUT2D eigenvalue weighted by atomic mass is 79.9. The summed E-state index contributed by atoms with van der Waals surface area (Å²) in [4.78, 5) is 0. The molecule has 0 aromatic heterocycles. The summed E-state index contributed by atoms with van der Waals surface area (Å²) in [5.74, 6) is 0.121. The van der Waals surface area contributed by atoms with Crippen molar-refractivity contribution in [1.29, 1.82) is 0 Å². The van der Waals surface area contributed by atoms with E-state index < -0.39 is 5.51 Å². The first-order valence-electron chi connectivity index (χ1n) is 6.78. The van der Waals surface area contributed by atoms with Crippen LogP contribution in [-0.4, -0.2) is 23.3 Å². The van der Waals surface area contributed by atoms with Crippen LogP contribution in [0.5, 0.6) is 0 Å². The molecule has 0 bridgehead atoms. The van der Waals surface area contributed by atoms with Crippen molar-refractivity contribution < 1.29 is 13.2 Å². The number of alkyl halides is 3. The van der Waals surface area contributed by atoms with Crippen LogP contribution >= 0.6 is 27.7 Å². The third kappa shape index (κ3) is 8.12. The van der Waals surface area contributed by atoms with Crippen molar-refractivity contribution in [1.82, 2.24) is 5.32 Å². The highest BCUT2D eigenvalue weighted by Gasteiger charge is 2.28. The lowest BCUT2D eigenvalue weighted by Gasteiger charge is -2.26. The van der Waals surface area contributed by atoms with Crippen molar-refractivity contribution in [2.45, 2.75) is 44.2 Å². The van der Waals surface area contributed by atoms with Gasteiger partial charge in [0.2, 0.25) is 0 Å². The highest BCUT2D eigenvalue weighted by molar-refractivity contribution is 9.10. The lowest BCUT2D eigenvalue weighted by molar-refractivity contribution is -0.0328. The smallest absolute Gasteiger partial charge is 0.311 e. The number of benzene rings is 1. The van der Waals surface area contributed by atoms with Gasteiger partial charge in [0.05, 0.1) is 0 Å². The molecule has 0 aliphatic carbocycles. The maximum atomic E-state index is 12.3. The number of hydrogen-bond acceptors (Lipinski definition) is 2. The molecule has 1 atom stereocenters. The maximum Gasteiger partial charge on any atom is 0.441 e. The molecule has 0 saturated heterocycles. The molecule has 1 aromatic carbocycles. The number of hydrogen-bond donors (Lipinski definition) is 1.